The Labute approximate surface area is 300 Å². The van der Waals surface area contributed by atoms with E-state index in [1.54, 1.807) is 0 Å². The molecule has 5 heteroatoms. The van der Waals surface area contributed by atoms with E-state index in [9.17, 15) is 0 Å². The summed E-state index contributed by atoms with van der Waals surface area (Å²) in [4.78, 5) is 17.4. The normalized spacial score (nSPS) is 11.5. The second-order valence-electron chi connectivity index (χ2n) is 12.9. The van der Waals surface area contributed by atoms with Gasteiger partial charge in [-0.25, -0.2) is 15.0 Å². The lowest BCUT2D eigenvalue weighted by Crippen LogP contribution is -2.10. The minimum atomic E-state index is 0.596. The fourth-order valence-corrected chi connectivity index (χ4v) is 7.16. The number of nitrogens with zero attached hydrogens (tertiary/aromatic N) is 4. The minimum absolute atomic E-state index is 0.596. The Kier molecular flexibility index (Phi) is 7.07. The van der Waals surface area contributed by atoms with Crippen LogP contribution in [0.15, 0.2) is 186 Å². The van der Waals surface area contributed by atoms with Crippen LogP contribution in [0.1, 0.15) is 0 Å². The molecule has 0 aliphatic carbocycles. The number of para-hydroxylation sites is 2. The van der Waals surface area contributed by atoms with E-state index in [4.69, 9.17) is 19.4 Å². The van der Waals surface area contributed by atoms with Crippen molar-refractivity contribution >= 4 is 60.5 Å². The summed E-state index contributed by atoms with van der Waals surface area (Å²) in [5.74, 6) is 1.84. The topological polar surface area (TPSA) is 55.1 Å². The van der Waals surface area contributed by atoms with Gasteiger partial charge in [-0.2, -0.15) is 0 Å². The van der Waals surface area contributed by atoms with Crippen LogP contribution in [0.2, 0.25) is 0 Å². The van der Waals surface area contributed by atoms with Crippen LogP contribution < -0.4 is 4.90 Å². The van der Waals surface area contributed by atoms with Gasteiger partial charge in [0, 0.05) is 49.6 Å². The van der Waals surface area contributed by atoms with Crippen LogP contribution in [0, 0.1) is 0 Å². The molecule has 52 heavy (non-hydrogen) atoms. The van der Waals surface area contributed by atoms with Gasteiger partial charge in [0.2, 0.25) is 0 Å². The maximum Gasteiger partial charge on any atom is 0.164 e. The first-order chi connectivity index (χ1) is 25.8. The summed E-state index contributed by atoms with van der Waals surface area (Å²) in [6.07, 6.45) is 0. The SMILES string of the molecule is c1ccc(-c2nc(-c3ccccc3)nc(-c3ccc4c(N(c5ccccc5)c5ccc6ccccc6c5)cc5c6ccccc6oc5c4c3)n2)cc1. The molecule has 0 fully saturated rings. The second-order valence-corrected chi connectivity index (χ2v) is 12.9. The van der Waals surface area contributed by atoms with Gasteiger partial charge in [0.1, 0.15) is 11.2 Å². The Hall–Kier alpha value is -7.11. The highest BCUT2D eigenvalue weighted by atomic mass is 16.3. The van der Waals surface area contributed by atoms with Crippen molar-refractivity contribution < 1.29 is 4.42 Å². The van der Waals surface area contributed by atoms with E-state index in [2.05, 4.69) is 114 Å². The van der Waals surface area contributed by atoms with Crippen LogP contribution in [0.3, 0.4) is 0 Å². The zero-order valence-electron chi connectivity index (χ0n) is 28.0. The van der Waals surface area contributed by atoms with Crippen molar-refractivity contribution in [3.8, 4) is 34.2 Å². The molecule has 0 atom stereocenters. The Morgan fingerprint density at radius 2 is 0.942 bits per heavy atom. The van der Waals surface area contributed by atoms with E-state index < -0.39 is 0 Å². The van der Waals surface area contributed by atoms with Crippen molar-refractivity contribution in [1.82, 2.24) is 15.0 Å². The van der Waals surface area contributed by atoms with Gasteiger partial charge in [-0.1, -0.05) is 140 Å². The van der Waals surface area contributed by atoms with E-state index in [0.29, 0.717) is 17.5 Å². The molecule has 0 bridgehead atoms. The summed E-state index contributed by atoms with van der Waals surface area (Å²) in [5, 5.41) is 6.52. The molecule has 5 nitrogen and oxygen atoms in total. The molecule has 8 aromatic carbocycles. The lowest BCUT2D eigenvalue weighted by Gasteiger charge is -2.27. The molecule has 0 radical (unpaired) electrons. The summed E-state index contributed by atoms with van der Waals surface area (Å²) >= 11 is 0. The fraction of sp³-hybridized carbons (Fsp3) is 0. The molecule has 10 aromatic rings. The van der Waals surface area contributed by atoms with Crippen LogP contribution in [0.5, 0.6) is 0 Å². The van der Waals surface area contributed by atoms with E-state index in [1.807, 2.05) is 72.8 Å². The third-order valence-electron chi connectivity index (χ3n) is 9.66. The van der Waals surface area contributed by atoms with Gasteiger partial charge in [0.15, 0.2) is 17.5 Å². The molecule has 2 heterocycles. The number of rotatable bonds is 6. The highest BCUT2D eigenvalue weighted by molar-refractivity contribution is 6.20. The predicted octanol–water partition coefficient (Wildman–Crippen LogP) is 12.5. The number of aromatic nitrogens is 3. The van der Waals surface area contributed by atoms with Crippen LogP contribution in [-0.2, 0) is 0 Å². The van der Waals surface area contributed by atoms with Crippen molar-refractivity contribution in [2.75, 3.05) is 4.90 Å². The summed E-state index contributed by atoms with van der Waals surface area (Å²) in [5.41, 5.74) is 7.59. The van der Waals surface area contributed by atoms with Crippen LogP contribution in [0.25, 0.3) is 77.6 Å². The van der Waals surface area contributed by atoms with E-state index in [1.165, 1.54) is 10.8 Å². The summed E-state index contributed by atoms with van der Waals surface area (Å²) < 4.78 is 6.67. The molecule has 10 rings (SSSR count). The maximum atomic E-state index is 6.67. The molecular weight excluding hydrogens is 637 g/mol. The van der Waals surface area contributed by atoms with E-state index in [-0.39, 0.29) is 0 Å². The van der Waals surface area contributed by atoms with Gasteiger partial charge >= 0.3 is 0 Å². The van der Waals surface area contributed by atoms with Crippen molar-refractivity contribution in [2.45, 2.75) is 0 Å². The third-order valence-corrected chi connectivity index (χ3v) is 9.66. The first-order valence-electron chi connectivity index (χ1n) is 17.4. The van der Waals surface area contributed by atoms with Gasteiger partial charge in [-0.15, -0.1) is 0 Å². The quantitative estimate of drug-likeness (QED) is 0.177. The highest BCUT2D eigenvalue weighted by Gasteiger charge is 2.22. The Morgan fingerprint density at radius 1 is 0.365 bits per heavy atom. The van der Waals surface area contributed by atoms with Crippen LogP contribution in [-0.4, -0.2) is 15.0 Å². The zero-order valence-corrected chi connectivity index (χ0v) is 28.0. The first-order valence-corrected chi connectivity index (χ1v) is 17.4. The number of furan rings is 1. The third kappa shape index (κ3) is 5.15. The lowest BCUT2D eigenvalue weighted by atomic mass is 9.99. The smallest absolute Gasteiger partial charge is 0.164 e. The summed E-state index contributed by atoms with van der Waals surface area (Å²) in [6, 6.07) is 62.8. The molecule has 0 aliphatic heterocycles. The fourth-order valence-electron chi connectivity index (χ4n) is 7.16. The molecule has 0 amide bonds. The molecule has 0 saturated heterocycles. The van der Waals surface area contributed by atoms with Gasteiger partial charge in [-0.3, -0.25) is 0 Å². The monoisotopic (exact) mass is 666 g/mol. The van der Waals surface area contributed by atoms with Crippen molar-refractivity contribution in [3.63, 3.8) is 0 Å². The summed E-state index contributed by atoms with van der Waals surface area (Å²) in [7, 11) is 0. The number of benzene rings is 8. The highest BCUT2D eigenvalue weighted by Crippen LogP contribution is 2.45. The van der Waals surface area contributed by atoms with Crippen LogP contribution >= 0.6 is 0 Å². The predicted molar refractivity (Wildman–Crippen MR) is 213 cm³/mol. The minimum Gasteiger partial charge on any atom is -0.455 e. The van der Waals surface area contributed by atoms with Gasteiger partial charge in [0.05, 0.1) is 5.69 Å². The molecule has 0 saturated carbocycles. The molecule has 0 N–H and O–H groups in total. The molecule has 244 valence electrons. The number of hydrogen-bond donors (Lipinski definition) is 0. The first kappa shape index (κ1) is 29.8. The maximum absolute atomic E-state index is 6.67. The van der Waals surface area contributed by atoms with Crippen molar-refractivity contribution in [1.29, 1.82) is 0 Å². The van der Waals surface area contributed by atoms with Gasteiger partial charge < -0.3 is 9.32 Å². The Morgan fingerprint density at radius 3 is 1.65 bits per heavy atom. The Balaban J connectivity index is 1.25. The average molecular weight is 667 g/mol. The largest absolute Gasteiger partial charge is 0.455 e. The molecular formula is C47H30N4O. The molecule has 0 spiro atoms. The molecule has 0 unspecified atom stereocenters. The molecule has 0 aliphatic rings. The van der Waals surface area contributed by atoms with E-state index >= 15 is 0 Å². The number of hydrogen-bond acceptors (Lipinski definition) is 5. The number of anilines is 3. The average Bonchev–Trinajstić information content (AvgIpc) is 3.60. The second kappa shape index (κ2) is 12.3. The van der Waals surface area contributed by atoms with Gasteiger partial charge in [0.25, 0.3) is 0 Å². The Bertz CT molecular complexity index is 2850. The van der Waals surface area contributed by atoms with Crippen LogP contribution in [0.4, 0.5) is 17.1 Å². The van der Waals surface area contributed by atoms with E-state index in [0.717, 1.165) is 66.5 Å². The number of fused-ring (bicyclic) bond motifs is 6. The van der Waals surface area contributed by atoms with Crippen molar-refractivity contribution in [3.05, 3.63) is 182 Å². The standard InChI is InChI=1S/C47H30N4O/c1-4-15-32(16-5-1)45-48-46(33-17-6-2-7-18-33)50-47(49-45)35-25-27-38-40(29-35)44-41(39-22-12-13-23-43(39)52-44)30-42(38)51(36-20-8-3-9-21-36)37-26-24-31-14-10-11-19-34(31)28-37/h1-30H. The van der Waals surface area contributed by atoms with Gasteiger partial charge in [-0.05, 0) is 53.2 Å². The van der Waals surface area contributed by atoms with Crippen molar-refractivity contribution in [2.24, 2.45) is 0 Å². The summed E-state index contributed by atoms with van der Waals surface area (Å²) in [6.45, 7) is 0. The zero-order chi connectivity index (χ0) is 34.4. The molecule has 2 aromatic heterocycles. The lowest BCUT2D eigenvalue weighted by molar-refractivity contribution is 0.672.